The Morgan fingerprint density at radius 2 is 0.877 bits per heavy atom. The summed E-state index contributed by atoms with van der Waals surface area (Å²) in [6.45, 7) is 42.5. The van der Waals surface area contributed by atoms with E-state index >= 15 is 0 Å². The van der Waals surface area contributed by atoms with Gasteiger partial charge in [-0.2, -0.15) is 0 Å². The quantitative estimate of drug-likeness (QED) is 0.163. The highest BCUT2D eigenvalue weighted by atomic mass is 15.2. The number of fused-ring (bicyclic) bond motifs is 10. The van der Waals surface area contributed by atoms with Crippen LogP contribution in [0.25, 0.3) is 49.7 Å². The molecule has 0 amide bonds. The van der Waals surface area contributed by atoms with Crippen molar-refractivity contribution < 1.29 is 0 Å². The van der Waals surface area contributed by atoms with Gasteiger partial charge in [0.2, 0.25) is 0 Å². The van der Waals surface area contributed by atoms with Crippen molar-refractivity contribution in [3.8, 4) is 27.9 Å². The van der Waals surface area contributed by atoms with Crippen LogP contribution in [0.4, 0.5) is 34.1 Å². The third-order valence-electron chi connectivity index (χ3n) is 18.8. The van der Waals surface area contributed by atoms with Crippen molar-refractivity contribution in [2.45, 2.75) is 152 Å². The average Bonchev–Trinajstić information content (AvgIpc) is 4.05. The Morgan fingerprint density at radius 3 is 1.49 bits per heavy atom. The molecule has 13 rings (SSSR count). The van der Waals surface area contributed by atoms with Crippen LogP contribution < -0.4 is 26.2 Å². The van der Waals surface area contributed by atoms with Gasteiger partial charge in [-0.15, -0.1) is 0 Å². The van der Waals surface area contributed by atoms with Crippen molar-refractivity contribution in [2.75, 3.05) is 9.80 Å². The fourth-order valence-corrected chi connectivity index (χ4v) is 14.4. The third-order valence-corrected chi connectivity index (χ3v) is 18.8. The standard InChI is InChI=1S/C77H80BN3/c1-45-35-49(55-28-24-30-60-69(55)56-27-22-23-29-59(56)77(60,17)18)36-46(2)71(45)80-64-34-32-51(74(8,9)10)40-61(64)78-62-43-58-57-39-50(73(5,6)7)31-33-63(57)79(54-25-20-19-21-26-54)65(58)44-66(62)81(68-42-53(76(14,15)16)41-67(80)70(68)78)72-47(3)37-52(38-48(72)4)75(11,12)13/h19-44H,1-18H3. The number of nitrogens with zero attached hydrogens (tertiary/aromatic N) is 3. The molecule has 0 radical (unpaired) electrons. The van der Waals surface area contributed by atoms with Crippen LogP contribution in [0.2, 0.25) is 0 Å². The summed E-state index contributed by atoms with van der Waals surface area (Å²) in [5.74, 6) is 0. The SMILES string of the molecule is Cc1cc(-c2cccc3c2-c2ccccc2C3(C)C)cc(C)c1N1c2ccc(C(C)(C)C)cc2B2c3cc4c5cc(C(C)(C)C)ccc5n(-c5ccccc5)c4cc3N(c3c(C)cc(C(C)(C)C)cc3C)c3cc(C(C)(C)C)cc1c32. The molecule has 0 spiro atoms. The lowest BCUT2D eigenvalue weighted by Gasteiger charge is -2.46. The summed E-state index contributed by atoms with van der Waals surface area (Å²) in [6.07, 6.45) is 0. The van der Waals surface area contributed by atoms with Gasteiger partial charge in [0, 0.05) is 44.6 Å². The van der Waals surface area contributed by atoms with Crippen LogP contribution >= 0.6 is 0 Å². The molecule has 0 saturated carbocycles. The van der Waals surface area contributed by atoms with Crippen LogP contribution in [0.5, 0.6) is 0 Å². The topological polar surface area (TPSA) is 11.4 Å². The molecule has 0 saturated heterocycles. The molecule has 3 aliphatic rings. The first-order valence-electron chi connectivity index (χ1n) is 29.7. The van der Waals surface area contributed by atoms with Crippen molar-refractivity contribution in [3.63, 3.8) is 0 Å². The Bertz CT molecular complexity index is 4240. The van der Waals surface area contributed by atoms with E-state index in [-0.39, 0.29) is 33.8 Å². The minimum Gasteiger partial charge on any atom is -0.311 e. The van der Waals surface area contributed by atoms with Crippen LogP contribution in [0.1, 0.15) is 153 Å². The zero-order chi connectivity index (χ0) is 57.4. The van der Waals surface area contributed by atoms with Gasteiger partial charge in [0.15, 0.2) is 0 Å². The number of hydrogen-bond donors (Lipinski definition) is 0. The zero-order valence-electron chi connectivity index (χ0n) is 51.4. The molecule has 4 heteroatoms. The fourth-order valence-electron chi connectivity index (χ4n) is 14.4. The zero-order valence-corrected chi connectivity index (χ0v) is 51.4. The summed E-state index contributed by atoms with van der Waals surface area (Å²) in [5, 5.41) is 2.57. The van der Waals surface area contributed by atoms with E-state index in [2.05, 4.69) is 297 Å². The summed E-state index contributed by atoms with van der Waals surface area (Å²) < 4.78 is 2.53. The van der Waals surface area contributed by atoms with Crippen LogP contribution in [-0.2, 0) is 27.1 Å². The molecule has 3 heterocycles. The number of aromatic nitrogens is 1. The minimum atomic E-state index is -0.171. The minimum absolute atomic E-state index is 0.0131. The second kappa shape index (κ2) is 17.7. The first-order chi connectivity index (χ1) is 38.1. The molecule has 406 valence electrons. The second-order valence-electron chi connectivity index (χ2n) is 29.0. The first kappa shape index (κ1) is 52.8. The maximum atomic E-state index is 2.71. The highest BCUT2D eigenvalue weighted by molar-refractivity contribution is 7.00. The lowest BCUT2D eigenvalue weighted by molar-refractivity contribution is 0.589. The highest BCUT2D eigenvalue weighted by Crippen LogP contribution is 2.54. The normalized spacial score (nSPS) is 14.6. The monoisotopic (exact) mass is 1060 g/mol. The summed E-state index contributed by atoms with van der Waals surface area (Å²) in [7, 11) is 0. The Balaban J connectivity index is 1.15. The van der Waals surface area contributed by atoms with E-state index in [0.29, 0.717) is 0 Å². The molecule has 0 bridgehead atoms. The smallest absolute Gasteiger partial charge is 0.252 e. The van der Waals surface area contributed by atoms with Gasteiger partial charge in [-0.1, -0.05) is 194 Å². The van der Waals surface area contributed by atoms with Crippen molar-refractivity contribution in [1.82, 2.24) is 4.57 Å². The molecular formula is C77H80BN3. The maximum Gasteiger partial charge on any atom is 0.252 e. The number of para-hydroxylation sites is 1. The number of anilines is 6. The Hall–Kier alpha value is -7.56. The fraction of sp³-hybridized carbons (Fsp3) is 0.299. The first-order valence-corrected chi connectivity index (χ1v) is 29.7. The van der Waals surface area contributed by atoms with E-state index < -0.39 is 0 Å². The molecule has 81 heavy (non-hydrogen) atoms. The molecule has 0 N–H and O–H groups in total. The van der Waals surface area contributed by atoms with Crippen LogP contribution in [0, 0.1) is 27.7 Å². The summed E-state index contributed by atoms with van der Waals surface area (Å²) in [4.78, 5) is 5.40. The van der Waals surface area contributed by atoms with Gasteiger partial charge in [0.1, 0.15) is 0 Å². The number of benzene rings is 9. The molecule has 3 nitrogen and oxygen atoms in total. The van der Waals surface area contributed by atoms with Crippen molar-refractivity contribution in [2.24, 2.45) is 0 Å². The number of aryl methyl sites for hydroxylation is 4. The second-order valence-corrected chi connectivity index (χ2v) is 29.0. The Morgan fingerprint density at radius 1 is 0.383 bits per heavy atom. The van der Waals surface area contributed by atoms with Gasteiger partial charge in [-0.05, 0) is 204 Å². The molecule has 9 aromatic carbocycles. The average molecular weight is 1060 g/mol. The van der Waals surface area contributed by atoms with Crippen LogP contribution in [0.15, 0.2) is 158 Å². The third kappa shape index (κ3) is 8.04. The molecule has 10 aromatic rings. The predicted molar refractivity (Wildman–Crippen MR) is 352 cm³/mol. The summed E-state index contributed by atoms with van der Waals surface area (Å²) >= 11 is 0. The molecule has 1 aliphatic carbocycles. The molecule has 1 aromatic heterocycles. The van der Waals surface area contributed by atoms with E-state index in [0.717, 1.165) is 0 Å². The number of hydrogen-bond acceptors (Lipinski definition) is 2. The van der Waals surface area contributed by atoms with Crippen LogP contribution in [0.3, 0.4) is 0 Å². The molecule has 2 aliphatic heterocycles. The number of rotatable bonds is 4. The van der Waals surface area contributed by atoms with E-state index in [9.17, 15) is 0 Å². The Labute approximate surface area is 483 Å². The van der Waals surface area contributed by atoms with Gasteiger partial charge >= 0.3 is 0 Å². The van der Waals surface area contributed by atoms with Crippen molar-refractivity contribution in [3.05, 3.63) is 213 Å². The van der Waals surface area contributed by atoms with Crippen molar-refractivity contribution in [1.29, 1.82) is 0 Å². The molecular weight excluding hydrogens is 978 g/mol. The largest absolute Gasteiger partial charge is 0.311 e. The van der Waals surface area contributed by atoms with Gasteiger partial charge in [-0.3, -0.25) is 0 Å². The maximum absolute atomic E-state index is 2.71. The van der Waals surface area contributed by atoms with E-state index in [4.69, 9.17) is 0 Å². The molecule has 0 atom stereocenters. The molecule has 0 fully saturated rings. The van der Waals surface area contributed by atoms with E-state index in [1.165, 1.54) is 156 Å². The van der Waals surface area contributed by atoms with Crippen molar-refractivity contribution >= 4 is 79.0 Å². The van der Waals surface area contributed by atoms with Gasteiger partial charge in [0.05, 0.1) is 22.4 Å². The Kier molecular flexibility index (Phi) is 11.6. The van der Waals surface area contributed by atoms with Crippen LogP contribution in [-0.4, -0.2) is 11.3 Å². The van der Waals surface area contributed by atoms with Gasteiger partial charge in [-0.25, -0.2) is 0 Å². The lowest BCUT2D eigenvalue weighted by Crippen LogP contribution is -2.61. The van der Waals surface area contributed by atoms with Gasteiger partial charge < -0.3 is 14.4 Å². The summed E-state index contributed by atoms with van der Waals surface area (Å²) in [5.41, 5.74) is 33.3. The van der Waals surface area contributed by atoms with E-state index in [1.54, 1.807) is 0 Å². The summed E-state index contributed by atoms with van der Waals surface area (Å²) in [6, 6.07) is 62.0. The van der Waals surface area contributed by atoms with Gasteiger partial charge in [0.25, 0.3) is 6.71 Å². The lowest BCUT2D eigenvalue weighted by atomic mass is 9.33. The molecule has 0 unspecified atom stereocenters. The predicted octanol–water partition coefficient (Wildman–Crippen LogP) is 19.3. The highest BCUT2D eigenvalue weighted by Gasteiger charge is 2.46. The van der Waals surface area contributed by atoms with E-state index in [1.807, 2.05) is 0 Å².